The summed E-state index contributed by atoms with van der Waals surface area (Å²) in [6.45, 7) is 1.49. The maximum absolute atomic E-state index is 12.9. The van der Waals surface area contributed by atoms with E-state index in [1.165, 1.54) is 18.2 Å². The van der Waals surface area contributed by atoms with Gasteiger partial charge in [0.05, 0.1) is 16.4 Å². The Kier molecular flexibility index (Phi) is 5.17. The third-order valence-electron chi connectivity index (χ3n) is 5.27. The number of anilines is 3. The summed E-state index contributed by atoms with van der Waals surface area (Å²) >= 11 is 0. The lowest BCUT2D eigenvalue weighted by atomic mass is 9.92. The molecule has 1 saturated heterocycles. The molecule has 2 amide bonds. The second kappa shape index (κ2) is 7.93. The number of nitro benzene ring substituents is 1. The van der Waals surface area contributed by atoms with Crippen LogP contribution in [0.3, 0.4) is 0 Å². The maximum atomic E-state index is 12.9. The van der Waals surface area contributed by atoms with Crippen LogP contribution in [0.5, 0.6) is 0 Å². The molecule has 11 heteroatoms. The van der Waals surface area contributed by atoms with E-state index in [1.54, 1.807) is 6.07 Å². The average Bonchev–Trinajstić information content (AvgIpc) is 2.73. The van der Waals surface area contributed by atoms with Crippen LogP contribution < -0.4 is 21.1 Å². The van der Waals surface area contributed by atoms with Gasteiger partial charge in [0.2, 0.25) is 17.8 Å². The summed E-state index contributed by atoms with van der Waals surface area (Å²) in [7, 11) is 0. The van der Waals surface area contributed by atoms with Crippen LogP contribution in [0, 0.1) is 10.1 Å². The molecular formula is C19H20N6O5. The summed E-state index contributed by atoms with van der Waals surface area (Å²) in [4.78, 5) is 57.5. The topological polar surface area (TPSA) is 150 Å². The molecule has 1 aromatic heterocycles. The van der Waals surface area contributed by atoms with Crippen molar-refractivity contribution in [3.8, 4) is 0 Å². The van der Waals surface area contributed by atoms with Gasteiger partial charge in [-0.2, -0.15) is 4.98 Å². The first-order valence-corrected chi connectivity index (χ1v) is 9.67. The van der Waals surface area contributed by atoms with E-state index < -0.39 is 28.2 Å². The number of fused-ring (bicyclic) bond motifs is 1. The molecule has 0 saturated carbocycles. The van der Waals surface area contributed by atoms with E-state index in [-0.39, 0.29) is 29.2 Å². The van der Waals surface area contributed by atoms with Crippen LogP contribution in [0.4, 0.5) is 23.1 Å². The third-order valence-corrected chi connectivity index (χ3v) is 5.27. The maximum Gasteiger partial charge on any atom is 0.292 e. The number of nitrogens with one attached hydrogen (secondary N) is 3. The number of benzene rings is 1. The number of nitro groups is 1. The average molecular weight is 412 g/mol. The molecule has 1 aromatic carbocycles. The fraction of sp³-hybridized carbons (Fsp3) is 0.368. The van der Waals surface area contributed by atoms with E-state index in [9.17, 15) is 24.5 Å². The Morgan fingerprint density at radius 2 is 1.93 bits per heavy atom. The Morgan fingerprint density at radius 3 is 2.67 bits per heavy atom. The Balaban J connectivity index is 1.66. The van der Waals surface area contributed by atoms with Gasteiger partial charge in [-0.25, -0.2) is 0 Å². The highest BCUT2D eigenvalue weighted by Crippen LogP contribution is 2.32. The summed E-state index contributed by atoms with van der Waals surface area (Å²) in [6, 6.07) is 5.68. The monoisotopic (exact) mass is 412 g/mol. The molecule has 2 aromatic rings. The zero-order chi connectivity index (χ0) is 21.3. The summed E-state index contributed by atoms with van der Waals surface area (Å²) in [5, 5.41) is 16.2. The Bertz CT molecular complexity index is 1080. The number of piperidine rings is 1. The zero-order valence-electron chi connectivity index (χ0n) is 16.0. The number of H-pyrrole nitrogens is 1. The van der Waals surface area contributed by atoms with Crippen LogP contribution in [0.1, 0.15) is 37.2 Å². The van der Waals surface area contributed by atoms with Crippen molar-refractivity contribution < 1.29 is 14.5 Å². The predicted octanol–water partition coefficient (Wildman–Crippen LogP) is 1.73. The first kappa shape index (κ1) is 19.6. The van der Waals surface area contributed by atoms with Crippen molar-refractivity contribution >= 4 is 35.0 Å². The van der Waals surface area contributed by atoms with Crippen molar-refractivity contribution in [2.45, 2.75) is 31.6 Å². The minimum Gasteiger partial charge on any atom is -0.342 e. The summed E-state index contributed by atoms with van der Waals surface area (Å²) < 4.78 is 0. The van der Waals surface area contributed by atoms with Gasteiger partial charge >= 0.3 is 0 Å². The van der Waals surface area contributed by atoms with E-state index in [0.29, 0.717) is 5.95 Å². The number of nitrogens with zero attached hydrogens (tertiary/aromatic N) is 3. The molecule has 1 unspecified atom stereocenters. The standard InChI is InChI=1S/C19H20N6O5/c26-14-10-11(17(27)20-12-6-2-3-7-13(12)25(29)30)15-16(21-14)22-19(23-18(15)28)24-8-4-1-5-9-24/h2-3,6-7,11H,1,4-5,8-10H2,(H,20,27)(H2,21,22,23,26,28). The molecule has 2 aliphatic rings. The molecule has 3 N–H and O–H groups in total. The Morgan fingerprint density at radius 1 is 1.20 bits per heavy atom. The normalized spacial score (nSPS) is 18.3. The summed E-state index contributed by atoms with van der Waals surface area (Å²) in [6.07, 6.45) is 2.81. The number of carbonyl (C=O) groups is 2. The second-order valence-corrected chi connectivity index (χ2v) is 7.27. The van der Waals surface area contributed by atoms with Gasteiger partial charge in [0, 0.05) is 25.6 Å². The van der Waals surface area contributed by atoms with Crippen molar-refractivity contribution in [1.29, 1.82) is 0 Å². The number of para-hydroxylation sites is 2. The van der Waals surface area contributed by atoms with Gasteiger partial charge in [0.1, 0.15) is 11.5 Å². The highest BCUT2D eigenvalue weighted by molar-refractivity contribution is 6.05. The van der Waals surface area contributed by atoms with Gasteiger partial charge in [-0.1, -0.05) is 12.1 Å². The van der Waals surface area contributed by atoms with Crippen LogP contribution in [0.2, 0.25) is 0 Å². The smallest absolute Gasteiger partial charge is 0.292 e. The third kappa shape index (κ3) is 3.73. The van der Waals surface area contributed by atoms with Crippen molar-refractivity contribution in [2.24, 2.45) is 0 Å². The van der Waals surface area contributed by atoms with Gasteiger partial charge in [0.25, 0.3) is 11.2 Å². The minimum atomic E-state index is -1.11. The van der Waals surface area contributed by atoms with Gasteiger partial charge in [-0.05, 0) is 25.3 Å². The van der Waals surface area contributed by atoms with Gasteiger partial charge < -0.3 is 15.5 Å². The molecule has 1 fully saturated rings. The number of aromatic nitrogens is 2. The van der Waals surface area contributed by atoms with Crippen molar-refractivity contribution in [2.75, 3.05) is 28.6 Å². The molecule has 4 rings (SSSR count). The lowest BCUT2D eigenvalue weighted by molar-refractivity contribution is -0.383. The summed E-state index contributed by atoms with van der Waals surface area (Å²) in [5.74, 6) is -1.83. The molecule has 30 heavy (non-hydrogen) atoms. The number of rotatable bonds is 4. The second-order valence-electron chi connectivity index (χ2n) is 7.27. The Hall–Kier alpha value is -3.76. The van der Waals surface area contributed by atoms with E-state index >= 15 is 0 Å². The summed E-state index contributed by atoms with van der Waals surface area (Å²) in [5.41, 5.74) is -0.747. The predicted molar refractivity (Wildman–Crippen MR) is 109 cm³/mol. The van der Waals surface area contributed by atoms with Crippen molar-refractivity contribution in [3.05, 3.63) is 50.3 Å². The van der Waals surface area contributed by atoms with E-state index in [2.05, 4.69) is 20.6 Å². The van der Waals surface area contributed by atoms with Crippen LogP contribution in [-0.2, 0) is 9.59 Å². The number of carbonyl (C=O) groups excluding carboxylic acids is 2. The van der Waals surface area contributed by atoms with E-state index in [0.717, 1.165) is 32.4 Å². The molecule has 0 bridgehead atoms. The molecule has 3 heterocycles. The Labute approximate surface area is 170 Å². The first-order valence-electron chi connectivity index (χ1n) is 9.67. The molecule has 0 radical (unpaired) electrons. The van der Waals surface area contributed by atoms with Gasteiger partial charge in [0.15, 0.2) is 0 Å². The van der Waals surface area contributed by atoms with Gasteiger partial charge in [-0.3, -0.25) is 29.5 Å². The molecule has 156 valence electrons. The number of aromatic amines is 1. The lowest BCUT2D eigenvalue weighted by Crippen LogP contribution is -2.38. The van der Waals surface area contributed by atoms with Gasteiger partial charge in [-0.15, -0.1) is 0 Å². The van der Waals surface area contributed by atoms with Crippen molar-refractivity contribution in [1.82, 2.24) is 9.97 Å². The molecule has 0 spiro atoms. The molecular weight excluding hydrogens is 392 g/mol. The molecule has 0 aliphatic carbocycles. The van der Waals surface area contributed by atoms with E-state index in [1.807, 2.05) is 4.90 Å². The number of amides is 2. The quantitative estimate of drug-likeness (QED) is 0.511. The molecule has 11 nitrogen and oxygen atoms in total. The fourth-order valence-electron chi connectivity index (χ4n) is 3.80. The lowest BCUT2D eigenvalue weighted by Gasteiger charge is -2.29. The molecule has 2 aliphatic heterocycles. The fourth-order valence-corrected chi connectivity index (χ4v) is 3.80. The highest BCUT2D eigenvalue weighted by Gasteiger charge is 2.35. The largest absolute Gasteiger partial charge is 0.342 e. The van der Waals surface area contributed by atoms with Crippen LogP contribution in [0.15, 0.2) is 29.1 Å². The number of hydrogen-bond acceptors (Lipinski definition) is 7. The minimum absolute atomic E-state index is 0.00523. The number of hydrogen-bond donors (Lipinski definition) is 3. The van der Waals surface area contributed by atoms with Crippen LogP contribution >= 0.6 is 0 Å². The van der Waals surface area contributed by atoms with Crippen molar-refractivity contribution in [3.63, 3.8) is 0 Å². The van der Waals surface area contributed by atoms with E-state index in [4.69, 9.17) is 0 Å². The molecule has 1 atom stereocenters. The first-order chi connectivity index (χ1) is 14.4. The zero-order valence-corrected chi connectivity index (χ0v) is 16.0. The van der Waals surface area contributed by atoms with Crippen LogP contribution in [-0.4, -0.2) is 39.8 Å². The highest BCUT2D eigenvalue weighted by atomic mass is 16.6. The van der Waals surface area contributed by atoms with Crippen LogP contribution in [0.25, 0.3) is 0 Å². The SMILES string of the molecule is O=C1CC(C(=O)Nc2ccccc2[N+](=O)[O-])c2c(nc(N3CCCCC3)[nH]c2=O)N1.